The summed E-state index contributed by atoms with van der Waals surface area (Å²) in [5.41, 5.74) is -0.777. The highest BCUT2D eigenvalue weighted by atomic mass is 32.2. The van der Waals surface area contributed by atoms with Gasteiger partial charge in [-0.1, -0.05) is 13.0 Å². The van der Waals surface area contributed by atoms with Crippen molar-refractivity contribution >= 4 is 37.3 Å². The SMILES string of the molecule is CCc1c(F)ccc2cc(OCOC)cc(-c3ncc4c(N5CCC[C@@](C)(O)C5)nc(S(C)(=O)=O)nc4c3F)c12. The van der Waals surface area contributed by atoms with E-state index in [4.69, 9.17) is 9.47 Å². The summed E-state index contributed by atoms with van der Waals surface area (Å²) in [6, 6.07) is 6.19. The molecule has 0 spiro atoms. The summed E-state index contributed by atoms with van der Waals surface area (Å²) in [5, 5.41) is 11.4. The molecule has 1 aliphatic rings. The number of aliphatic hydroxyl groups is 1. The monoisotopic (exact) mass is 572 g/mol. The van der Waals surface area contributed by atoms with Gasteiger partial charge in [0.25, 0.3) is 0 Å². The molecule has 12 heteroatoms. The molecular formula is C28H30F2N4O5S. The smallest absolute Gasteiger partial charge is 0.249 e. The van der Waals surface area contributed by atoms with Gasteiger partial charge < -0.3 is 19.5 Å². The molecule has 1 atom stereocenters. The van der Waals surface area contributed by atoms with Crippen molar-refractivity contribution in [2.24, 2.45) is 0 Å². The maximum Gasteiger partial charge on any atom is 0.249 e. The highest BCUT2D eigenvalue weighted by molar-refractivity contribution is 7.90. The number of hydrogen-bond acceptors (Lipinski definition) is 9. The molecule has 4 aromatic rings. The zero-order valence-corrected chi connectivity index (χ0v) is 23.5. The van der Waals surface area contributed by atoms with Crippen LogP contribution in [0.5, 0.6) is 5.75 Å². The number of benzene rings is 2. The van der Waals surface area contributed by atoms with Crippen LogP contribution in [-0.4, -0.2) is 67.3 Å². The Morgan fingerprint density at radius 1 is 1.20 bits per heavy atom. The Hall–Kier alpha value is -3.48. The van der Waals surface area contributed by atoms with Gasteiger partial charge in [-0.3, -0.25) is 4.98 Å². The first-order chi connectivity index (χ1) is 18.9. The number of anilines is 1. The molecule has 5 rings (SSSR count). The van der Waals surface area contributed by atoms with Gasteiger partial charge in [0.05, 0.1) is 11.0 Å². The van der Waals surface area contributed by atoms with E-state index >= 15 is 4.39 Å². The number of methoxy groups -OCH3 is 1. The standard InChI is InChI=1S/C28H30F2N4O5S/c1-5-18-21(29)8-7-16-11-17(39-15-38-3)12-19(22(16)18)24-23(30)25-20(13-31-24)26(33-27(32-25)40(4,36)37)34-10-6-9-28(2,35)14-34/h7-8,11-13,35H,5-6,9-10,14-15H2,1-4H3/t28-/m1/s1. The largest absolute Gasteiger partial charge is 0.468 e. The number of fused-ring (bicyclic) bond motifs is 2. The maximum atomic E-state index is 16.5. The van der Waals surface area contributed by atoms with E-state index in [1.165, 1.54) is 19.4 Å². The fraction of sp³-hybridized carbons (Fsp3) is 0.393. The fourth-order valence-electron chi connectivity index (χ4n) is 5.25. The van der Waals surface area contributed by atoms with Gasteiger partial charge in [-0.2, -0.15) is 0 Å². The number of pyridine rings is 1. The van der Waals surface area contributed by atoms with Gasteiger partial charge in [0.1, 0.15) is 28.6 Å². The van der Waals surface area contributed by atoms with E-state index in [1.807, 2.05) is 0 Å². The number of rotatable bonds is 7. The normalized spacial score (nSPS) is 18.0. The van der Waals surface area contributed by atoms with Crippen LogP contribution in [0.1, 0.15) is 32.3 Å². The number of hydrogen-bond donors (Lipinski definition) is 1. The number of piperidine rings is 1. The number of halogens is 2. The van der Waals surface area contributed by atoms with Crippen LogP contribution in [0.2, 0.25) is 0 Å². The minimum Gasteiger partial charge on any atom is -0.468 e. The van der Waals surface area contributed by atoms with Gasteiger partial charge in [-0.25, -0.2) is 27.2 Å². The highest BCUT2D eigenvalue weighted by Gasteiger charge is 2.32. The third-order valence-electron chi connectivity index (χ3n) is 7.04. The Morgan fingerprint density at radius 2 is 1.98 bits per heavy atom. The minimum atomic E-state index is -3.93. The molecule has 0 aliphatic carbocycles. The molecule has 2 aromatic carbocycles. The summed E-state index contributed by atoms with van der Waals surface area (Å²) in [7, 11) is -2.46. The van der Waals surface area contributed by atoms with Gasteiger partial charge >= 0.3 is 0 Å². The van der Waals surface area contributed by atoms with Crippen LogP contribution in [0.3, 0.4) is 0 Å². The highest BCUT2D eigenvalue weighted by Crippen LogP contribution is 2.39. The number of aromatic nitrogens is 3. The number of nitrogens with zero attached hydrogens (tertiary/aromatic N) is 4. The average molecular weight is 573 g/mol. The lowest BCUT2D eigenvalue weighted by Crippen LogP contribution is -2.46. The van der Waals surface area contributed by atoms with Crippen molar-refractivity contribution in [1.82, 2.24) is 15.0 Å². The molecule has 0 unspecified atom stereocenters. The zero-order valence-electron chi connectivity index (χ0n) is 22.7. The third-order valence-corrected chi connectivity index (χ3v) is 7.89. The van der Waals surface area contributed by atoms with Crippen LogP contribution < -0.4 is 9.64 Å². The van der Waals surface area contributed by atoms with Gasteiger partial charge in [0.15, 0.2) is 12.6 Å². The van der Waals surface area contributed by atoms with E-state index in [2.05, 4.69) is 15.0 Å². The summed E-state index contributed by atoms with van der Waals surface area (Å²) in [5.74, 6) is -0.795. The Balaban J connectivity index is 1.81. The van der Waals surface area contributed by atoms with Gasteiger partial charge in [0.2, 0.25) is 15.0 Å². The van der Waals surface area contributed by atoms with E-state index in [0.717, 1.165) is 6.26 Å². The summed E-state index contributed by atoms with van der Waals surface area (Å²) < 4.78 is 67.1. The second kappa shape index (κ2) is 10.5. The molecule has 1 N–H and O–H groups in total. The molecule has 0 amide bonds. The van der Waals surface area contributed by atoms with Crippen molar-refractivity contribution < 1.29 is 31.8 Å². The lowest BCUT2D eigenvalue weighted by molar-refractivity contribution is 0.0447. The molecule has 3 heterocycles. The molecule has 2 aromatic heterocycles. The first-order valence-corrected chi connectivity index (χ1v) is 14.7. The Kier molecular flexibility index (Phi) is 7.36. The van der Waals surface area contributed by atoms with Crippen molar-refractivity contribution in [3.63, 3.8) is 0 Å². The van der Waals surface area contributed by atoms with E-state index < -0.39 is 32.2 Å². The molecular weight excluding hydrogens is 542 g/mol. The van der Waals surface area contributed by atoms with Crippen molar-refractivity contribution in [2.45, 2.75) is 43.9 Å². The first-order valence-electron chi connectivity index (χ1n) is 12.8. The Bertz CT molecular complexity index is 1730. The summed E-state index contributed by atoms with van der Waals surface area (Å²) >= 11 is 0. The van der Waals surface area contributed by atoms with E-state index in [9.17, 15) is 17.9 Å². The number of aryl methyl sites for hydroxylation is 1. The topological polar surface area (TPSA) is 115 Å². The average Bonchev–Trinajstić information content (AvgIpc) is 2.90. The lowest BCUT2D eigenvalue weighted by atomic mass is 9.94. The number of sulfone groups is 1. The van der Waals surface area contributed by atoms with Crippen molar-refractivity contribution in [2.75, 3.05) is 38.1 Å². The first kappa shape index (κ1) is 28.1. The summed E-state index contributed by atoms with van der Waals surface area (Å²) in [6.07, 6.45) is 3.87. The molecule has 1 saturated heterocycles. The van der Waals surface area contributed by atoms with Gasteiger partial charge in [-0.15, -0.1) is 0 Å². The second-order valence-corrected chi connectivity index (χ2v) is 12.2. The van der Waals surface area contributed by atoms with Crippen LogP contribution >= 0.6 is 0 Å². The molecule has 0 radical (unpaired) electrons. The van der Waals surface area contributed by atoms with E-state index in [-0.39, 0.29) is 41.3 Å². The predicted molar refractivity (Wildman–Crippen MR) is 147 cm³/mol. The Labute approximate surface area is 230 Å². The third kappa shape index (κ3) is 5.18. The Morgan fingerprint density at radius 3 is 2.65 bits per heavy atom. The van der Waals surface area contributed by atoms with Crippen LogP contribution in [0, 0.1) is 11.6 Å². The van der Waals surface area contributed by atoms with Crippen molar-refractivity contribution in [1.29, 1.82) is 0 Å². The second-order valence-electron chi connectivity index (χ2n) is 10.3. The maximum absolute atomic E-state index is 16.5. The van der Waals surface area contributed by atoms with Crippen LogP contribution in [0.15, 0.2) is 35.6 Å². The molecule has 212 valence electrons. The van der Waals surface area contributed by atoms with Crippen LogP contribution in [-0.2, 0) is 21.0 Å². The predicted octanol–water partition coefficient (Wildman–Crippen LogP) is 4.42. The minimum absolute atomic E-state index is 0.0612. The molecule has 1 aliphatic heterocycles. The van der Waals surface area contributed by atoms with Gasteiger partial charge in [-0.05, 0) is 60.7 Å². The summed E-state index contributed by atoms with van der Waals surface area (Å²) in [6.45, 7) is 4.08. The van der Waals surface area contributed by atoms with Crippen LogP contribution in [0.25, 0.3) is 32.9 Å². The molecule has 1 fully saturated rings. The summed E-state index contributed by atoms with van der Waals surface area (Å²) in [4.78, 5) is 14.5. The van der Waals surface area contributed by atoms with E-state index in [0.29, 0.717) is 47.9 Å². The van der Waals surface area contributed by atoms with Crippen molar-refractivity contribution in [3.8, 4) is 17.0 Å². The zero-order chi connectivity index (χ0) is 28.8. The molecule has 40 heavy (non-hydrogen) atoms. The number of β-amino-alcohol motifs (C(OH)–C–C–N with tert-alkyl or cyclic N) is 1. The van der Waals surface area contributed by atoms with Crippen LogP contribution in [0.4, 0.5) is 14.6 Å². The van der Waals surface area contributed by atoms with Gasteiger partial charge in [0, 0.05) is 38.2 Å². The fourth-order valence-corrected chi connectivity index (χ4v) is 5.76. The van der Waals surface area contributed by atoms with E-state index in [1.54, 1.807) is 36.9 Å². The number of ether oxygens (including phenoxy) is 2. The molecule has 9 nitrogen and oxygen atoms in total. The molecule has 0 saturated carbocycles. The van der Waals surface area contributed by atoms with Crippen molar-refractivity contribution in [3.05, 3.63) is 47.7 Å². The lowest BCUT2D eigenvalue weighted by Gasteiger charge is -2.37. The molecule has 0 bridgehead atoms. The quantitative estimate of drug-likeness (QED) is 0.254.